The van der Waals surface area contributed by atoms with Crippen LogP contribution in [0.15, 0.2) is 75.5 Å². The topological polar surface area (TPSA) is 68.0 Å². The third kappa shape index (κ3) is 4.02. The molecule has 32 heavy (non-hydrogen) atoms. The highest BCUT2D eigenvalue weighted by Gasteiger charge is 2.18. The smallest absolute Gasteiger partial charge is 0.262 e. The van der Waals surface area contributed by atoms with Gasteiger partial charge in [0, 0.05) is 10.9 Å². The Morgan fingerprint density at radius 1 is 1.12 bits per heavy atom. The Morgan fingerprint density at radius 2 is 2.00 bits per heavy atom. The van der Waals surface area contributed by atoms with Crippen molar-refractivity contribution >= 4 is 45.7 Å². The molecule has 160 valence electrons. The van der Waals surface area contributed by atoms with E-state index in [1.807, 2.05) is 77.8 Å². The largest absolute Gasteiger partial charge is 0.482 e. The molecule has 0 saturated carbocycles. The molecule has 2 aromatic carbocycles. The van der Waals surface area contributed by atoms with E-state index in [0.717, 1.165) is 37.9 Å². The fraction of sp³-hybridized carbons (Fsp3) is 0.125. The number of fused-ring (bicyclic) bond motifs is 1. The van der Waals surface area contributed by atoms with Gasteiger partial charge in [-0.1, -0.05) is 24.3 Å². The van der Waals surface area contributed by atoms with Gasteiger partial charge in [-0.3, -0.25) is 4.79 Å². The van der Waals surface area contributed by atoms with Gasteiger partial charge in [0.15, 0.2) is 6.61 Å². The summed E-state index contributed by atoms with van der Waals surface area (Å²) in [4.78, 5) is 18.6. The molecule has 0 atom stereocenters. The van der Waals surface area contributed by atoms with E-state index in [2.05, 4.69) is 11.4 Å². The summed E-state index contributed by atoms with van der Waals surface area (Å²) < 4.78 is 7.38. The van der Waals surface area contributed by atoms with Crippen LogP contribution < -0.4 is 14.9 Å². The van der Waals surface area contributed by atoms with E-state index >= 15 is 0 Å². The van der Waals surface area contributed by atoms with Crippen molar-refractivity contribution in [2.45, 2.75) is 13.8 Å². The summed E-state index contributed by atoms with van der Waals surface area (Å²) in [6.07, 6.45) is 0. The number of thiophene rings is 1. The van der Waals surface area contributed by atoms with Crippen LogP contribution in [-0.4, -0.2) is 22.9 Å². The Kier molecular flexibility index (Phi) is 5.46. The lowest BCUT2D eigenvalue weighted by atomic mass is 10.1. The summed E-state index contributed by atoms with van der Waals surface area (Å²) in [6.45, 7) is 4.08. The fourth-order valence-electron chi connectivity index (χ4n) is 3.39. The highest BCUT2D eigenvalue weighted by atomic mass is 32.1. The molecule has 0 aliphatic carbocycles. The summed E-state index contributed by atoms with van der Waals surface area (Å²) in [5.41, 5.74) is 5.38. The van der Waals surface area contributed by atoms with Crippen LogP contribution in [0.25, 0.3) is 11.3 Å². The molecule has 0 radical (unpaired) electrons. The molecule has 8 heteroatoms. The van der Waals surface area contributed by atoms with E-state index in [1.165, 1.54) is 11.3 Å². The Morgan fingerprint density at radius 3 is 2.81 bits per heavy atom. The first-order valence-corrected chi connectivity index (χ1v) is 11.8. The molecule has 0 spiro atoms. The van der Waals surface area contributed by atoms with E-state index in [4.69, 9.17) is 14.8 Å². The molecule has 1 aliphatic rings. The number of para-hydroxylation sites is 1. The second-order valence-corrected chi connectivity index (χ2v) is 9.11. The monoisotopic (exact) mass is 460 g/mol. The van der Waals surface area contributed by atoms with Gasteiger partial charge in [0.1, 0.15) is 5.75 Å². The molecular formula is C24H20N4O2S2. The molecule has 1 aliphatic heterocycles. The average molecular weight is 461 g/mol. The molecular weight excluding hydrogens is 440 g/mol. The minimum Gasteiger partial charge on any atom is -0.482 e. The van der Waals surface area contributed by atoms with E-state index in [9.17, 15) is 4.79 Å². The highest BCUT2D eigenvalue weighted by molar-refractivity contribution is 7.12. The van der Waals surface area contributed by atoms with E-state index in [0.29, 0.717) is 11.4 Å². The molecule has 5 rings (SSSR count). The summed E-state index contributed by atoms with van der Waals surface area (Å²) >= 11 is 3.18. The Balaban J connectivity index is 1.68. The predicted molar refractivity (Wildman–Crippen MR) is 130 cm³/mol. The van der Waals surface area contributed by atoms with Gasteiger partial charge >= 0.3 is 0 Å². The number of ether oxygens (including phenoxy) is 1. The number of aromatic nitrogens is 1. The number of benzene rings is 2. The summed E-state index contributed by atoms with van der Waals surface area (Å²) in [5, 5.41) is 11.9. The second-order valence-electron chi connectivity index (χ2n) is 7.32. The third-order valence-corrected chi connectivity index (χ3v) is 6.85. The van der Waals surface area contributed by atoms with Gasteiger partial charge in [-0.05, 0) is 55.1 Å². The molecule has 1 amide bonds. The van der Waals surface area contributed by atoms with Crippen molar-refractivity contribution in [3.63, 3.8) is 0 Å². The number of carbonyl (C=O) groups is 1. The van der Waals surface area contributed by atoms with Crippen molar-refractivity contribution in [3.8, 4) is 17.0 Å². The number of nitrogens with one attached hydrogen (secondary N) is 1. The molecule has 3 heterocycles. The first-order chi connectivity index (χ1) is 15.6. The lowest BCUT2D eigenvalue weighted by Gasteiger charge is -2.18. The maximum Gasteiger partial charge on any atom is 0.262 e. The summed E-state index contributed by atoms with van der Waals surface area (Å²) in [5.74, 6) is 0.507. The maximum absolute atomic E-state index is 11.8. The third-order valence-electron chi connectivity index (χ3n) is 5.05. The Hall–Kier alpha value is -3.49. The van der Waals surface area contributed by atoms with Crippen LogP contribution in [0.1, 0.15) is 17.4 Å². The number of hydrogen-bond acceptors (Lipinski definition) is 6. The van der Waals surface area contributed by atoms with Gasteiger partial charge in [0.05, 0.1) is 27.7 Å². The van der Waals surface area contributed by atoms with E-state index in [-0.39, 0.29) is 12.5 Å². The molecule has 0 saturated heterocycles. The molecule has 4 aromatic rings. The van der Waals surface area contributed by atoms with Crippen molar-refractivity contribution in [3.05, 3.63) is 80.6 Å². The first-order valence-electron chi connectivity index (χ1n) is 10.1. The number of thiazole rings is 1. The van der Waals surface area contributed by atoms with Crippen LogP contribution in [-0.2, 0) is 4.79 Å². The van der Waals surface area contributed by atoms with Crippen LogP contribution in [0.5, 0.6) is 5.75 Å². The van der Waals surface area contributed by atoms with Crippen molar-refractivity contribution in [2.75, 3.05) is 11.9 Å². The van der Waals surface area contributed by atoms with E-state index in [1.54, 1.807) is 11.3 Å². The van der Waals surface area contributed by atoms with E-state index < -0.39 is 0 Å². The first kappa shape index (κ1) is 20.4. The minimum atomic E-state index is -0.158. The number of rotatable bonds is 4. The quantitative estimate of drug-likeness (QED) is 0.413. The summed E-state index contributed by atoms with van der Waals surface area (Å²) in [6, 6.07) is 17.9. The van der Waals surface area contributed by atoms with Crippen LogP contribution in [0.2, 0.25) is 0 Å². The van der Waals surface area contributed by atoms with Crippen molar-refractivity contribution in [1.82, 2.24) is 4.68 Å². The van der Waals surface area contributed by atoms with Crippen molar-refractivity contribution < 1.29 is 9.53 Å². The predicted octanol–water partition coefficient (Wildman–Crippen LogP) is 5.42. The zero-order valence-electron chi connectivity index (χ0n) is 17.5. The van der Waals surface area contributed by atoms with Gasteiger partial charge < -0.3 is 10.1 Å². The highest BCUT2D eigenvalue weighted by Crippen LogP contribution is 2.33. The zero-order chi connectivity index (χ0) is 22.1. The second kappa shape index (κ2) is 8.57. The summed E-state index contributed by atoms with van der Waals surface area (Å²) in [7, 11) is 0. The maximum atomic E-state index is 11.8. The Bertz CT molecular complexity index is 1400. The molecule has 1 N–H and O–H groups in total. The van der Waals surface area contributed by atoms with Crippen LogP contribution in [0.3, 0.4) is 0 Å². The number of amides is 1. The number of anilines is 1. The van der Waals surface area contributed by atoms with Crippen LogP contribution >= 0.6 is 22.7 Å². The number of hydrogen-bond donors (Lipinski definition) is 1. The van der Waals surface area contributed by atoms with Crippen molar-refractivity contribution in [1.29, 1.82) is 0 Å². The van der Waals surface area contributed by atoms with Crippen molar-refractivity contribution in [2.24, 2.45) is 10.1 Å². The molecule has 2 aromatic heterocycles. The molecule has 0 bridgehead atoms. The average Bonchev–Trinajstić information content (AvgIpc) is 3.46. The molecule has 6 nitrogen and oxygen atoms in total. The molecule has 0 fully saturated rings. The van der Waals surface area contributed by atoms with Gasteiger partial charge in [-0.15, -0.1) is 22.7 Å². The van der Waals surface area contributed by atoms with Gasteiger partial charge in [-0.2, -0.15) is 5.10 Å². The number of nitrogens with zero attached hydrogens (tertiary/aromatic N) is 3. The van der Waals surface area contributed by atoms with Crippen LogP contribution in [0, 0.1) is 6.92 Å². The normalized spacial score (nSPS) is 14.1. The lowest BCUT2D eigenvalue weighted by Crippen LogP contribution is -2.25. The number of carbonyl (C=O) groups excluding carboxylic acids is 1. The van der Waals surface area contributed by atoms with Gasteiger partial charge in [0.2, 0.25) is 4.80 Å². The SMILES string of the molecule is CC(=Nn1c(-c2ccc3c(c2)NC(=O)CO3)csc1=Nc1ccccc1C)c1cccs1. The number of aryl methyl sites for hydroxylation is 1. The van der Waals surface area contributed by atoms with Gasteiger partial charge in [0.25, 0.3) is 5.91 Å². The van der Waals surface area contributed by atoms with Gasteiger partial charge in [-0.25, -0.2) is 9.67 Å². The van der Waals surface area contributed by atoms with Crippen LogP contribution in [0.4, 0.5) is 11.4 Å². The molecule has 0 unspecified atom stereocenters. The zero-order valence-corrected chi connectivity index (χ0v) is 19.2. The fourth-order valence-corrected chi connectivity index (χ4v) is 4.91. The Labute approximate surface area is 193 Å². The minimum absolute atomic E-state index is 0.0363. The lowest BCUT2D eigenvalue weighted by molar-refractivity contribution is -0.118. The standard InChI is InChI=1S/C24H20N4O2S2/c1-15-6-3-4-7-18(15)26-24-28(27-16(2)22-8-5-11-31-22)20(14-32-24)17-9-10-21-19(12-17)25-23(29)13-30-21/h3-12,14H,13H2,1-2H3,(H,25,29).